The summed E-state index contributed by atoms with van der Waals surface area (Å²) < 4.78 is 1.94. The lowest BCUT2D eigenvalue weighted by Gasteiger charge is -2.16. The highest BCUT2D eigenvalue weighted by Crippen LogP contribution is 2.32. The molecule has 1 aliphatic heterocycles. The van der Waals surface area contributed by atoms with Crippen molar-refractivity contribution in [1.29, 1.82) is 0 Å². The van der Waals surface area contributed by atoms with Gasteiger partial charge in [-0.2, -0.15) is 0 Å². The first-order valence-electron chi connectivity index (χ1n) is 10.6. The van der Waals surface area contributed by atoms with Crippen molar-refractivity contribution in [3.8, 4) is 22.6 Å². The van der Waals surface area contributed by atoms with Crippen LogP contribution in [-0.4, -0.2) is 36.7 Å². The van der Waals surface area contributed by atoms with Gasteiger partial charge in [0, 0.05) is 11.6 Å². The van der Waals surface area contributed by atoms with Crippen molar-refractivity contribution in [3.05, 3.63) is 83.7 Å². The summed E-state index contributed by atoms with van der Waals surface area (Å²) in [7, 11) is 0. The summed E-state index contributed by atoms with van der Waals surface area (Å²) >= 11 is 0. The van der Waals surface area contributed by atoms with Gasteiger partial charge in [-0.3, -0.25) is 9.69 Å². The van der Waals surface area contributed by atoms with Gasteiger partial charge in [0.25, 0.3) is 5.91 Å². The van der Waals surface area contributed by atoms with E-state index >= 15 is 0 Å². The molecule has 2 aromatic heterocycles. The van der Waals surface area contributed by atoms with Gasteiger partial charge in [0.1, 0.15) is 17.8 Å². The molecule has 164 valence electrons. The molecule has 0 aliphatic carbocycles. The molecular formula is C25H21N5O3. The Kier molecular flexibility index (Phi) is 4.97. The van der Waals surface area contributed by atoms with Crippen LogP contribution in [0.3, 0.4) is 0 Å². The van der Waals surface area contributed by atoms with E-state index in [4.69, 9.17) is 10.1 Å². The van der Waals surface area contributed by atoms with Crippen molar-refractivity contribution >= 4 is 17.7 Å². The summed E-state index contributed by atoms with van der Waals surface area (Å²) in [5.41, 5.74) is 4.12. The first-order chi connectivity index (χ1) is 15.9. The minimum atomic E-state index is -0.970. The second kappa shape index (κ2) is 7.98. The monoisotopic (exact) mass is 439 g/mol. The average molecular weight is 439 g/mol. The minimum Gasteiger partial charge on any atom is -0.478 e. The standard InChI is InChI=1S/C25H21N5O3/c1-15(2)30-14-26-28-23(30)21-4-3-5-22(27-21)29-13-19-11-10-18(12-20(19)24(29)31)16-6-8-17(9-7-16)25(32)33/h3-12,14-15H,13H2,1-2H3,(H,32,33). The molecule has 1 N–H and O–H groups in total. The Hall–Kier alpha value is -4.33. The van der Waals surface area contributed by atoms with Gasteiger partial charge in [0.15, 0.2) is 5.82 Å². The molecule has 0 atom stereocenters. The van der Waals surface area contributed by atoms with E-state index in [1.807, 2.05) is 54.8 Å². The predicted octanol–water partition coefficient (Wildman–Crippen LogP) is 4.45. The fourth-order valence-corrected chi connectivity index (χ4v) is 3.97. The summed E-state index contributed by atoms with van der Waals surface area (Å²) in [6, 6.07) is 18.1. The van der Waals surface area contributed by atoms with Crippen LogP contribution in [0.15, 0.2) is 67.0 Å². The Morgan fingerprint density at radius 3 is 2.52 bits per heavy atom. The van der Waals surface area contributed by atoms with Crippen LogP contribution in [-0.2, 0) is 6.54 Å². The van der Waals surface area contributed by atoms with Crippen molar-refractivity contribution in [1.82, 2.24) is 19.7 Å². The molecule has 4 aromatic rings. The Morgan fingerprint density at radius 2 is 1.79 bits per heavy atom. The summed E-state index contributed by atoms with van der Waals surface area (Å²) in [5.74, 6) is 0.120. The van der Waals surface area contributed by atoms with E-state index in [1.165, 1.54) is 0 Å². The van der Waals surface area contributed by atoms with Crippen LogP contribution in [0.1, 0.15) is 46.2 Å². The number of pyridine rings is 1. The van der Waals surface area contributed by atoms with E-state index in [1.54, 1.807) is 35.5 Å². The number of benzene rings is 2. The van der Waals surface area contributed by atoms with E-state index < -0.39 is 5.97 Å². The van der Waals surface area contributed by atoms with Crippen LogP contribution in [0.2, 0.25) is 0 Å². The van der Waals surface area contributed by atoms with Crippen molar-refractivity contribution in [2.24, 2.45) is 0 Å². The number of aromatic nitrogens is 4. The number of aromatic carboxylic acids is 1. The van der Waals surface area contributed by atoms with Gasteiger partial charge in [-0.1, -0.05) is 30.3 Å². The number of carboxylic acid groups (broad SMARTS) is 1. The number of carbonyl (C=O) groups excluding carboxylic acids is 1. The summed E-state index contributed by atoms with van der Waals surface area (Å²) in [4.78, 5) is 30.7. The maximum absolute atomic E-state index is 13.3. The number of amides is 1. The largest absolute Gasteiger partial charge is 0.478 e. The fourth-order valence-electron chi connectivity index (χ4n) is 3.97. The van der Waals surface area contributed by atoms with Crippen LogP contribution in [0, 0.1) is 0 Å². The van der Waals surface area contributed by atoms with Crippen LogP contribution >= 0.6 is 0 Å². The van der Waals surface area contributed by atoms with Crippen molar-refractivity contribution < 1.29 is 14.7 Å². The number of hydrogen-bond donors (Lipinski definition) is 1. The minimum absolute atomic E-state index is 0.121. The maximum Gasteiger partial charge on any atom is 0.335 e. The van der Waals surface area contributed by atoms with Gasteiger partial charge in [-0.05, 0) is 60.9 Å². The molecule has 3 heterocycles. The Labute approximate surface area is 190 Å². The topological polar surface area (TPSA) is 101 Å². The first-order valence-corrected chi connectivity index (χ1v) is 10.6. The highest BCUT2D eigenvalue weighted by molar-refractivity contribution is 6.10. The van der Waals surface area contributed by atoms with Gasteiger partial charge in [0.05, 0.1) is 12.1 Å². The zero-order valence-electron chi connectivity index (χ0n) is 18.1. The van der Waals surface area contributed by atoms with Gasteiger partial charge < -0.3 is 9.67 Å². The normalized spacial score (nSPS) is 12.9. The molecule has 0 saturated heterocycles. The molecule has 0 fully saturated rings. The van der Waals surface area contributed by atoms with Gasteiger partial charge >= 0.3 is 5.97 Å². The zero-order chi connectivity index (χ0) is 23.1. The van der Waals surface area contributed by atoms with E-state index in [9.17, 15) is 9.59 Å². The van der Waals surface area contributed by atoms with E-state index in [0.717, 1.165) is 16.7 Å². The van der Waals surface area contributed by atoms with Crippen molar-refractivity contribution in [2.75, 3.05) is 4.90 Å². The number of nitrogens with zero attached hydrogens (tertiary/aromatic N) is 5. The molecule has 8 nitrogen and oxygen atoms in total. The smallest absolute Gasteiger partial charge is 0.335 e. The third-order valence-corrected chi connectivity index (χ3v) is 5.75. The quantitative estimate of drug-likeness (QED) is 0.493. The van der Waals surface area contributed by atoms with Gasteiger partial charge in [-0.15, -0.1) is 10.2 Å². The van der Waals surface area contributed by atoms with Crippen molar-refractivity contribution in [3.63, 3.8) is 0 Å². The Morgan fingerprint density at radius 1 is 1.03 bits per heavy atom. The number of carbonyl (C=O) groups is 2. The second-order valence-electron chi connectivity index (χ2n) is 8.18. The third kappa shape index (κ3) is 3.65. The van der Waals surface area contributed by atoms with Gasteiger partial charge in [0.2, 0.25) is 0 Å². The summed E-state index contributed by atoms with van der Waals surface area (Å²) in [6.45, 7) is 4.52. The summed E-state index contributed by atoms with van der Waals surface area (Å²) in [6.07, 6.45) is 1.68. The molecule has 1 aliphatic rings. The number of fused-ring (bicyclic) bond motifs is 1. The number of carboxylic acids is 1. The lowest BCUT2D eigenvalue weighted by molar-refractivity contribution is 0.0696. The maximum atomic E-state index is 13.3. The lowest BCUT2D eigenvalue weighted by atomic mass is 9.99. The highest BCUT2D eigenvalue weighted by Gasteiger charge is 2.30. The molecule has 0 spiro atoms. The molecule has 0 bridgehead atoms. The van der Waals surface area contributed by atoms with Crippen LogP contribution in [0.5, 0.6) is 0 Å². The molecule has 1 amide bonds. The molecule has 0 saturated carbocycles. The zero-order valence-corrected chi connectivity index (χ0v) is 18.1. The average Bonchev–Trinajstić information content (AvgIpc) is 3.44. The Bertz CT molecular complexity index is 1380. The third-order valence-electron chi connectivity index (χ3n) is 5.75. The van der Waals surface area contributed by atoms with E-state index in [-0.39, 0.29) is 17.5 Å². The lowest BCUT2D eigenvalue weighted by Crippen LogP contribution is -2.24. The van der Waals surface area contributed by atoms with Crippen LogP contribution < -0.4 is 4.90 Å². The molecular weight excluding hydrogens is 418 g/mol. The van der Waals surface area contributed by atoms with Gasteiger partial charge in [-0.25, -0.2) is 9.78 Å². The van der Waals surface area contributed by atoms with Crippen molar-refractivity contribution in [2.45, 2.75) is 26.4 Å². The van der Waals surface area contributed by atoms with Crippen LogP contribution in [0.25, 0.3) is 22.6 Å². The number of hydrogen-bond acceptors (Lipinski definition) is 5. The molecule has 33 heavy (non-hydrogen) atoms. The first kappa shape index (κ1) is 20.6. The molecule has 5 rings (SSSR count). The van der Waals surface area contributed by atoms with E-state index in [0.29, 0.717) is 29.4 Å². The molecule has 2 aromatic carbocycles. The number of anilines is 1. The second-order valence-corrected chi connectivity index (χ2v) is 8.18. The SMILES string of the molecule is CC(C)n1cnnc1-c1cccc(N2Cc3ccc(-c4ccc(C(=O)O)cc4)cc3C2=O)n1. The summed E-state index contributed by atoms with van der Waals surface area (Å²) in [5, 5.41) is 17.3. The molecule has 0 unspecified atom stereocenters. The molecule has 8 heteroatoms. The Balaban J connectivity index is 1.45. The molecule has 0 radical (unpaired) electrons. The van der Waals surface area contributed by atoms with E-state index in [2.05, 4.69) is 10.2 Å². The van der Waals surface area contributed by atoms with Crippen LogP contribution in [0.4, 0.5) is 5.82 Å². The predicted molar refractivity (Wildman–Crippen MR) is 123 cm³/mol. The highest BCUT2D eigenvalue weighted by atomic mass is 16.4. The number of rotatable bonds is 5. The fraction of sp³-hybridized carbons (Fsp3) is 0.160.